The Morgan fingerprint density at radius 2 is 1.95 bits per heavy atom. The second-order valence-electron chi connectivity index (χ2n) is 4.86. The molecule has 1 aromatic carbocycles. The van der Waals surface area contributed by atoms with E-state index in [1.807, 2.05) is 39.8 Å². The van der Waals surface area contributed by atoms with Gasteiger partial charge in [0.15, 0.2) is 0 Å². The highest BCUT2D eigenvalue weighted by Crippen LogP contribution is 2.20. The van der Waals surface area contributed by atoms with Gasteiger partial charge in [0.25, 0.3) is 0 Å². The van der Waals surface area contributed by atoms with Crippen molar-refractivity contribution < 1.29 is 14.3 Å². The Hall–Kier alpha value is -1.88. The number of aryl methyl sites for hydroxylation is 1. The minimum atomic E-state index is -0.206. The number of benzene rings is 1. The normalized spacial score (nSPS) is 10.4. The molecule has 0 fully saturated rings. The van der Waals surface area contributed by atoms with Gasteiger partial charge in [-0.2, -0.15) is 0 Å². The van der Waals surface area contributed by atoms with Crippen molar-refractivity contribution in [1.82, 2.24) is 0 Å². The quantitative estimate of drug-likeness (QED) is 0.840. The third-order valence-electron chi connectivity index (χ3n) is 2.74. The average Bonchev–Trinajstić information content (AvgIpc) is 2.40. The minimum Gasteiger partial charge on any atom is -0.372 e. The summed E-state index contributed by atoms with van der Waals surface area (Å²) in [6, 6.07) is 5.42. The highest BCUT2D eigenvalue weighted by molar-refractivity contribution is 5.95. The molecular weight excluding hydrogens is 256 g/mol. The van der Waals surface area contributed by atoms with Gasteiger partial charge in [0.2, 0.25) is 11.8 Å². The summed E-state index contributed by atoms with van der Waals surface area (Å²) < 4.78 is 5.05. The number of hydrogen-bond donors (Lipinski definition) is 2. The highest BCUT2D eigenvalue weighted by Gasteiger charge is 2.09. The maximum Gasteiger partial charge on any atom is 0.250 e. The van der Waals surface area contributed by atoms with Crippen molar-refractivity contribution in [2.75, 3.05) is 23.8 Å². The van der Waals surface area contributed by atoms with Crippen molar-refractivity contribution in [3.05, 3.63) is 23.8 Å². The summed E-state index contributed by atoms with van der Waals surface area (Å²) >= 11 is 0. The fraction of sp³-hybridized carbons (Fsp3) is 0.467. The molecule has 0 bridgehead atoms. The number of hydrogen-bond acceptors (Lipinski definition) is 3. The largest absolute Gasteiger partial charge is 0.372 e. The second kappa shape index (κ2) is 7.65. The number of amides is 2. The van der Waals surface area contributed by atoms with E-state index in [4.69, 9.17) is 4.74 Å². The first-order valence-electron chi connectivity index (χ1n) is 6.73. The van der Waals surface area contributed by atoms with Crippen LogP contribution in [0.5, 0.6) is 0 Å². The number of anilines is 2. The third kappa shape index (κ3) is 5.01. The van der Waals surface area contributed by atoms with Crippen molar-refractivity contribution >= 4 is 23.2 Å². The molecule has 5 heteroatoms. The van der Waals surface area contributed by atoms with E-state index in [2.05, 4.69) is 10.6 Å². The van der Waals surface area contributed by atoms with Crippen molar-refractivity contribution in [2.45, 2.75) is 27.7 Å². The van der Waals surface area contributed by atoms with E-state index in [1.54, 1.807) is 6.07 Å². The van der Waals surface area contributed by atoms with Crippen LogP contribution in [0.3, 0.4) is 0 Å². The van der Waals surface area contributed by atoms with Gasteiger partial charge >= 0.3 is 0 Å². The molecule has 0 saturated carbocycles. The fourth-order valence-electron chi connectivity index (χ4n) is 1.50. The van der Waals surface area contributed by atoms with Gasteiger partial charge < -0.3 is 15.4 Å². The van der Waals surface area contributed by atoms with Crippen LogP contribution >= 0.6 is 0 Å². The van der Waals surface area contributed by atoms with Crippen LogP contribution in [0.15, 0.2) is 18.2 Å². The molecule has 5 nitrogen and oxygen atoms in total. The van der Waals surface area contributed by atoms with Crippen LogP contribution in [-0.4, -0.2) is 25.0 Å². The van der Waals surface area contributed by atoms with Gasteiger partial charge in [0.05, 0.1) is 0 Å². The molecule has 0 unspecified atom stereocenters. The zero-order valence-electron chi connectivity index (χ0n) is 12.4. The number of carbonyl (C=O) groups is 2. The molecule has 0 spiro atoms. The molecule has 110 valence electrons. The lowest BCUT2D eigenvalue weighted by Crippen LogP contribution is -2.20. The van der Waals surface area contributed by atoms with Crippen molar-refractivity contribution in [3.63, 3.8) is 0 Å². The Balaban J connectivity index is 2.76. The molecule has 2 N–H and O–H groups in total. The molecule has 0 aliphatic rings. The molecular formula is C15H22N2O3. The topological polar surface area (TPSA) is 67.4 Å². The van der Waals surface area contributed by atoms with Crippen LogP contribution in [0, 0.1) is 12.8 Å². The molecule has 0 radical (unpaired) electrons. The Morgan fingerprint density at radius 3 is 2.55 bits per heavy atom. The highest BCUT2D eigenvalue weighted by atomic mass is 16.5. The third-order valence-corrected chi connectivity index (χ3v) is 2.74. The Labute approximate surface area is 119 Å². The summed E-state index contributed by atoms with van der Waals surface area (Å²) in [4.78, 5) is 23.3. The summed E-state index contributed by atoms with van der Waals surface area (Å²) in [6.07, 6.45) is 0. The first kappa shape index (κ1) is 16.2. The van der Waals surface area contributed by atoms with Crippen LogP contribution in [-0.2, 0) is 14.3 Å². The second-order valence-corrected chi connectivity index (χ2v) is 4.86. The number of ether oxygens (including phenoxy) is 1. The van der Waals surface area contributed by atoms with Crippen LogP contribution in [0.1, 0.15) is 26.3 Å². The maximum atomic E-state index is 11.7. The van der Waals surface area contributed by atoms with Gasteiger partial charge in [-0.25, -0.2) is 0 Å². The number of carbonyl (C=O) groups excluding carboxylic acids is 2. The smallest absolute Gasteiger partial charge is 0.250 e. The number of rotatable bonds is 6. The van der Waals surface area contributed by atoms with Crippen LogP contribution in [0.25, 0.3) is 0 Å². The summed E-state index contributed by atoms with van der Waals surface area (Å²) in [7, 11) is 0. The predicted octanol–water partition coefficient (Wildman–Crippen LogP) is 2.56. The van der Waals surface area contributed by atoms with E-state index in [0.717, 1.165) is 5.56 Å². The van der Waals surface area contributed by atoms with Crippen molar-refractivity contribution in [3.8, 4) is 0 Å². The van der Waals surface area contributed by atoms with E-state index in [1.165, 1.54) is 0 Å². The monoisotopic (exact) mass is 278 g/mol. The summed E-state index contributed by atoms with van der Waals surface area (Å²) in [5.74, 6) is -0.352. The van der Waals surface area contributed by atoms with Crippen molar-refractivity contribution in [1.29, 1.82) is 0 Å². The molecule has 1 rings (SSSR count). The van der Waals surface area contributed by atoms with E-state index in [9.17, 15) is 9.59 Å². The van der Waals surface area contributed by atoms with E-state index >= 15 is 0 Å². The summed E-state index contributed by atoms with van der Waals surface area (Å²) in [5.41, 5.74) is 2.27. The molecule has 0 aliphatic heterocycles. The van der Waals surface area contributed by atoms with Gasteiger partial charge in [0, 0.05) is 23.9 Å². The first-order valence-corrected chi connectivity index (χ1v) is 6.73. The molecule has 20 heavy (non-hydrogen) atoms. The van der Waals surface area contributed by atoms with Gasteiger partial charge in [-0.15, -0.1) is 0 Å². The van der Waals surface area contributed by atoms with Crippen LogP contribution in [0.2, 0.25) is 0 Å². The SMILES string of the molecule is CCOCC(=O)Nc1cc(NC(=O)C(C)C)ccc1C. The molecule has 0 aromatic heterocycles. The molecule has 1 aromatic rings. The van der Waals surface area contributed by atoms with Crippen molar-refractivity contribution in [2.24, 2.45) is 5.92 Å². The molecule has 0 atom stereocenters. The number of nitrogens with one attached hydrogen (secondary N) is 2. The van der Waals surface area contributed by atoms with E-state index < -0.39 is 0 Å². The predicted molar refractivity (Wildman–Crippen MR) is 79.8 cm³/mol. The van der Waals surface area contributed by atoms with Crippen LogP contribution in [0.4, 0.5) is 11.4 Å². The lowest BCUT2D eigenvalue weighted by Gasteiger charge is -2.12. The average molecular weight is 278 g/mol. The summed E-state index contributed by atoms with van der Waals surface area (Å²) in [6.45, 7) is 7.91. The summed E-state index contributed by atoms with van der Waals surface area (Å²) in [5, 5.41) is 5.58. The van der Waals surface area contributed by atoms with E-state index in [-0.39, 0.29) is 24.3 Å². The Morgan fingerprint density at radius 1 is 1.25 bits per heavy atom. The zero-order chi connectivity index (χ0) is 15.1. The standard InChI is InChI=1S/C15H22N2O3/c1-5-20-9-14(18)17-13-8-12(7-6-11(13)4)16-15(19)10(2)3/h6-8,10H,5,9H2,1-4H3,(H,16,19)(H,17,18). The molecule has 0 aliphatic carbocycles. The van der Waals surface area contributed by atoms with Gasteiger partial charge in [-0.1, -0.05) is 19.9 Å². The van der Waals surface area contributed by atoms with Gasteiger partial charge in [-0.3, -0.25) is 9.59 Å². The minimum absolute atomic E-state index is 0.0263. The van der Waals surface area contributed by atoms with Crippen LogP contribution < -0.4 is 10.6 Å². The lowest BCUT2D eigenvalue weighted by atomic mass is 10.1. The molecule has 2 amide bonds. The van der Waals surface area contributed by atoms with E-state index in [0.29, 0.717) is 18.0 Å². The maximum absolute atomic E-state index is 11.7. The molecule has 0 heterocycles. The van der Waals surface area contributed by atoms with Gasteiger partial charge in [0.1, 0.15) is 6.61 Å². The fourth-order valence-corrected chi connectivity index (χ4v) is 1.50. The lowest BCUT2D eigenvalue weighted by molar-refractivity contribution is -0.120. The molecule has 0 saturated heterocycles. The Bertz CT molecular complexity index is 484. The zero-order valence-corrected chi connectivity index (χ0v) is 12.4. The Kier molecular flexibility index (Phi) is 6.18. The first-order chi connectivity index (χ1) is 9.43. The van der Waals surface area contributed by atoms with Gasteiger partial charge in [-0.05, 0) is 31.5 Å².